The van der Waals surface area contributed by atoms with Crippen LogP contribution in [0.15, 0.2) is 34.9 Å². The van der Waals surface area contributed by atoms with Gasteiger partial charge < -0.3 is 9.26 Å². The number of aromatic amines is 1. The summed E-state index contributed by atoms with van der Waals surface area (Å²) in [6, 6.07) is 8.97. The summed E-state index contributed by atoms with van der Waals surface area (Å²) in [6.07, 6.45) is 0.916. The Balaban J connectivity index is 1.70. The average Bonchev–Trinajstić information content (AvgIpc) is 3.31. The van der Waals surface area contributed by atoms with E-state index >= 15 is 0 Å². The maximum absolute atomic E-state index is 12.2. The van der Waals surface area contributed by atoms with Crippen molar-refractivity contribution in [3.63, 3.8) is 0 Å². The fourth-order valence-corrected chi connectivity index (χ4v) is 2.20. The molecule has 0 spiro atoms. The van der Waals surface area contributed by atoms with Crippen LogP contribution in [-0.4, -0.2) is 33.4 Å². The summed E-state index contributed by atoms with van der Waals surface area (Å²) in [5.74, 6) is 1.37. The van der Waals surface area contributed by atoms with Gasteiger partial charge in [-0.15, -0.1) is 5.10 Å². The van der Waals surface area contributed by atoms with E-state index in [1.165, 1.54) is 0 Å². The zero-order chi connectivity index (χ0) is 17.8. The quantitative estimate of drug-likeness (QED) is 0.713. The lowest BCUT2D eigenvalue weighted by Gasteiger charge is -2.00. The van der Waals surface area contributed by atoms with E-state index in [-0.39, 0.29) is 17.6 Å². The van der Waals surface area contributed by atoms with E-state index in [1.807, 2.05) is 38.1 Å². The molecule has 0 aliphatic rings. The average molecular weight is 341 g/mol. The number of nitrogens with zero attached hydrogens (tertiary/aromatic N) is 3. The number of rotatable bonds is 6. The molecule has 1 aromatic carbocycles. The molecule has 0 saturated heterocycles. The molecule has 0 bridgehead atoms. The van der Waals surface area contributed by atoms with Gasteiger partial charge in [0.15, 0.2) is 5.82 Å². The zero-order valence-electron chi connectivity index (χ0n) is 14.2. The van der Waals surface area contributed by atoms with Gasteiger partial charge >= 0.3 is 0 Å². The highest BCUT2D eigenvalue weighted by Crippen LogP contribution is 2.21. The van der Waals surface area contributed by atoms with Crippen LogP contribution < -0.4 is 10.1 Å². The van der Waals surface area contributed by atoms with Crippen LogP contribution in [0, 0.1) is 0 Å². The van der Waals surface area contributed by atoms with Gasteiger partial charge in [-0.3, -0.25) is 15.2 Å². The minimum atomic E-state index is -0.442. The number of carbonyl (C=O) groups excluding carboxylic acids is 1. The standard InChI is InChI=1S/C17H19N5O3/c1-4-10(2)13-9-14(25-22-13)16(23)19-17-18-15(20-21-17)11-5-7-12(24-3)8-6-11/h5-10H,4H2,1-3H3,(H2,18,19,20,21,23)/t10-/m1/s1. The highest BCUT2D eigenvalue weighted by Gasteiger charge is 2.17. The van der Waals surface area contributed by atoms with Gasteiger partial charge in [0.2, 0.25) is 11.7 Å². The summed E-state index contributed by atoms with van der Waals surface area (Å²) in [7, 11) is 1.60. The van der Waals surface area contributed by atoms with E-state index < -0.39 is 5.91 Å². The lowest BCUT2D eigenvalue weighted by atomic mass is 10.1. The van der Waals surface area contributed by atoms with E-state index in [2.05, 4.69) is 25.7 Å². The lowest BCUT2D eigenvalue weighted by molar-refractivity contribution is 0.0987. The van der Waals surface area contributed by atoms with Crippen LogP contribution in [0.3, 0.4) is 0 Å². The summed E-state index contributed by atoms with van der Waals surface area (Å²) in [5.41, 5.74) is 1.58. The van der Waals surface area contributed by atoms with Gasteiger partial charge in [0.25, 0.3) is 5.91 Å². The molecule has 25 heavy (non-hydrogen) atoms. The number of methoxy groups -OCH3 is 1. The van der Waals surface area contributed by atoms with Crippen LogP contribution in [0.5, 0.6) is 5.75 Å². The van der Waals surface area contributed by atoms with Crippen LogP contribution in [0.25, 0.3) is 11.4 Å². The SMILES string of the molecule is CC[C@@H](C)c1cc(C(=O)Nc2n[nH]c(-c3ccc(OC)cc3)n2)on1. The van der Waals surface area contributed by atoms with Gasteiger partial charge in [0, 0.05) is 17.5 Å². The number of anilines is 1. The number of hydrogen-bond acceptors (Lipinski definition) is 6. The Kier molecular flexibility index (Phi) is 4.78. The number of aromatic nitrogens is 4. The van der Waals surface area contributed by atoms with Gasteiger partial charge in [-0.05, 0) is 30.7 Å². The van der Waals surface area contributed by atoms with E-state index in [0.29, 0.717) is 5.82 Å². The number of carbonyl (C=O) groups is 1. The molecular formula is C17H19N5O3. The van der Waals surface area contributed by atoms with E-state index in [9.17, 15) is 4.79 Å². The van der Waals surface area contributed by atoms with Crippen LogP contribution in [-0.2, 0) is 0 Å². The summed E-state index contributed by atoms with van der Waals surface area (Å²) >= 11 is 0. The predicted octanol–water partition coefficient (Wildman–Crippen LogP) is 3.23. The van der Waals surface area contributed by atoms with Crippen molar-refractivity contribution in [2.75, 3.05) is 12.4 Å². The van der Waals surface area contributed by atoms with E-state index in [0.717, 1.165) is 23.4 Å². The van der Waals surface area contributed by atoms with Crippen LogP contribution >= 0.6 is 0 Å². The number of H-pyrrole nitrogens is 1. The first kappa shape index (κ1) is 16.7. The zero-order valence-corrected chi connectivity index (χ0v) is 14.2. The molecule has 8 nitrogen and oxygen atoms in total. The smallest absolute Gasteiger partial charge is 0.296 e. The Bertz CT molecular complexity index is 853. The second-order valence-electron chi connectivity index (χ2n) is 5.62. The second kappa shape index (κ2) is 7.16. The van der Waals surface area contributed by atoms with Crippen LogP contribution in [0.1, 0.15) is 42.4 Å². The van der Waals surface area contributed by atoms with Crippen molar-refractivity contribution < 1.29 is 14.1 Å². The van der Waals surface area contributed by atoms with E-state index in [1.54, 1.807) is 13.2 Å². The highest BCUT2D eigenvalue weighted by atomic mass is 16.5. The first-order valence-electron chi connectivity index (χ1n) is 7.95. The third-order valence-corrected chi connectivity index (χ3v) is 3.94. The number of hydrogen-bond donors (Lipinski definition) is 2. The van der Waals surface area contributed by atoms with Gasteiger partial charge in [0.05, 0.1) is 12.8 Å². The van der Waals surface area contributed by atoms with Crippen molar-refractivity contribution >= 4 is 11.9 Å². The maximum atomic E-state index is 12.2. The molecule has 130 valence electrons. The Labute approximate surface area is 144 Å². The summed E-state index contributed by atoms with van der Waals surface area (Å²) in [5, 5.41) is 13.3. The fraction of sp³-hybridized carbons (Fsp3) is 0.294. The predicted molar refractivity (Wildman–Crippen MR) is 91.5 cm³/mol. The minimum Gasteiger partial charge on any atom is -0.497 e. The monoisotopic (exact) mass is 341 g/mol. The topological polar surface area (TPSA) is 106 Å². The van der Waals surface area contributed by atoms with Crippen LogP contribution in [0.2, 0.25) is 0 Å². The molecule has 0 aliphatic heterocycles. The van der Waals surface area contributed by atoms with Crippen molar-refractivity contribution in [3.05, 3.63) is 41.8 Å². The Morgan fingerprint density at radius 1 is 1.36 bits per heavy atom. The second-order valence-corrected chi connectivity index (χ2v) is 5.62. The molecule has 0 radical (unpaired) electrons. The molecule has 0 aliphatic carbocycles. The van der Waals surface area contributed by atoms with Crippen molar-refractivity contribution in [2.24, 2.45) is 0 Å². The Hall–Kier alpha value is -3.16. The molecule has 1 amide bonds. The molecule has 1 atom stereocenters. The molecule has 3 aromatic rings. The highest BCUT2D eigenvalue weighted by molar-refractivity contribution is 6.01. The molecule has 0 saturated carbocycles. The number of nitrogens with one attached hydrogen (secondary N) is 2. The number of ether oxygens (including phenoxy) is 1. The van der Waals surface area contributed by atoms with Crippen molar-refractivity contribution in [1.29, 1.82) is 0 Å². The first-order chi connectivity index (χ1) is 12.1. The largest absolute Gasteiger partial charge is 0.497 e. The van der Waals surface area contributed by atoms with Crippen molar-refractivity contribution in [1.82, 2.24) is 20.3 Å². The molecular weight excluding hydrogens is 322 g/mol. The third-order valence-electron chi connectivity index (χ3n) is 3.94. The molecule has 0 fully saturated rings. The minimum absolute atomic E-state index is 0.131. The fourth-order valence-electron chi connectivity index (χ4n) is 2.20. The van der Waals surface area contributed by atoms with Crippen LogP contribution in [0.4, 0.5) is 5.95 Å². The molecule has 0 unspecified atom stereocenters. The molecule has 8 heteroatoms. The number of benzene rings is 1. The first-order valence-corrected chi connectivity index (χ1v) is 7.95. The number of amides is 1. The summed E-state index contributed by atoms with van der Waals surface area (Å²) in [6.45, 7) is 4.07. The van der Waals surface area contributed by atoms with Gasteiger partial charge in [-0.25, -0.2) is 0 Å². The molecule has 3 rings (SSSR count). The van der Waals surface area contributed by atoms with Crippen molar-refractivity contribution in [3.8, 4) is 17.1 Å². The summed E-state index contributed by atoms with van der Waals surface area (Å²) < 4.78 is 10.2. The Morgan fingerprint density at radius 3 is 2.80 bits per heavy atom. The summed E-state index contributed by atoms with van der Waals surface area (Å²) in [4.78, 5) is 16.5. The molecule has 2 N–H and O–H groups in total. The third kappa shape index (κ3) is 3.68. The molecule has 2 aromatic heterocycles. The normalized spacial score (nSPS) is 12.0. The Morgan fingerprint density at radius 2 is 2.12 bits per heavy atom. The van der Waals surface area contributed by atoms with Gasteiger partial charge in [-0.2, -0.15) is 4.98 Å². The van der Waals surface area contributed by atoms with Gasteiger partial charge in [-0.1, -0.05) is 19.0 Å². The van der Waals surface area contributed by atoms with E-state index in [4.69, 9.17) is 9.26 Å². The maximum Gasteiger partial charge on any atom is 0.296 e. The van der Waals surface area contributed by atoms with Crippen molar-refractivity contribution in [2.45, 2.75) is 26.2 Å². The molecule has 2 heterocycles. The van der Waals surface area contributed by atoms with Gasteiger partial charge in [0.1, 0.15) is 5.75 Å². The lowest BCUT2D eigenvalue weighted by Crippen LogP contribution is -2.12.